The molecule has 6 nitrogen and oxygen atoms in total. The Morgan fingerprint density at radius 2 is 2.15 bits per heavy atom. The fourth-order valence-corrected chi connectivity index (χ4v) is 4.81. The van der Waals surface area contributed by atoms with Gasteiger partial charge in [-0.1, -0.05) is 6.07 Å². The first-order valence-electron chi connectivity index (χ1n) is 8.70. The van der Waals surface area contributed by atoms with Crippen LogP contribution in [0.5, 0.6) is 0 Å². The molecule has 0 unspecified atom stereocenters. The van der Waals surface area contributed by atoms with Gasteiger partial charge in [0.25, 0.3) is 0 Å². The molecule has 8 heteroatoms. The Balaban J connectivity index is 1.68. The Labute approximate surface area is 160 Å². The van der Waals surface area contributed by atoms with Gasteiger partial charge in [0.15, 0.2) is 0 Å². The minimum Gasteiger partial charge on any atom is -0.383 e. The van der Waals surface area contributed by atoms with Crippen molar-refractivity contribution in [3.8, 4) is 10.4 Å². The van der Waals surface area contributed by atoms with Crippen LogP contribution in [0.2, 0.25) is 0 Å². The lowest BCUT2D eigenvalue weighted by Crippen LogP contribution is -2.36. The molecule has 0 aliphatic carbocycles. The molecule has 138 valence electrons. The summed E-state index contributed by atoms with van der Waals surface area (Å²) in [5.41, 5.74) is 1.21. The number of nitrogens with zero attached hydrogens (tertiary/aromatic N) is 3. The molecule has 1 saturated heterocycles. The number of aromatic nitrogens is 2. The van der Waals surface area contributed by atoms with Crippen molar-refractivity contribution in [1.82, 2.24) is 14.9 Å². The van der Waals surface area contributed by atoms with Gasteiger partial charge in [-0.25, -0.2) is 9.97 Å². The van der Waals surface area contributed by atoms with Crippen molar-refractivity contribution >= 4 is 38.7 Å². The van der Waals surface area contributed by atoms with Gasteiger partial charge in [-0.05, 0) is 11.4 Å². The number of hydrogen-bond acceptors (Lipinski definition) is 8. The maximum absolute atomic E-state index is 5.44. The monoisotopic (exact) mass is 390 g/mol. The lowest BCUT2D eigenvalue weighted by molar-refractivity contribution is 0.0331. The van der Waals surface area contributed by atoms with Crippen molar-refractivity contribution < 1.29 is 9.47 Å². The first-order valence-corrected chi connectivity index (χ1v) is 10.5. The molecule has 26 heavy (non-hydrogen) atoms. The van der Waals surface area contributed by atoms with E-state index in [1.165, 1.54) is 10.4 Å². The van der Waals surface area contributed by atoms with Gasteiger partial charge in [0.05, 0.1) is 31.8 Å². The highest BCUT2D eigenvalue weighted by Crippen LogP contribution is 2.38. The van der Waals surface area contributed by atoms with E-state index >= 15 is 0 Å². The zero-order valence-corrected chi connectivity index (χ0v) is 16.4. The van der Waals surface area contributed by atoms with Gasteiger partial charge in [-0.15, -0.1) is 22.7 Å². The fraction of sp³-hybridized carbons (Fsp3) is 0.444. The average Bonchev–Trinajstić information content (AvgIpc) is 3.32. The summed E-state index contributed by atoms with van der Waals surface area (Å²) >= 11 is 3.42. The van der Waals surface area contributed by atoms with Crippen LogP contribution in [0.1, 0.15) is 5.82 Å². The van der Waals surface area contributed by atoms with Crippen LogP contribution in [0.4, 0.5) is 5.82 Å². The van der Waals surface area contributed by atoms with Crippen molar-refractivity contribution in [1.29, 1.82) is 0 Å². The van der Waals surface area contributed by atoms with Crippen molar-refractivity contribution in [3.63, 3.8) is 0 Å². The van der Waals surface area contributed by atoms with Crippen LogP contribution in [0.3, 0.4) is 0 Å². The molecule has 4 heterocycles. The van der Waals surface area contributed by atoms with Crippen molar-refractivity contribution in [2.75, 3.05) is 51.9 Å². The molecule has 3 aromatic rings. The van der Waals surface area contributed by atoms with E-state index in [4.69, 9.17) is 19.4 Å². The van der Waals surface area contributed by atoms with Gasteiger partial charge in [0.2, 0.25) is 0 Å². The van der Waals surface area contributed by atoms with Gasteiger partial charge in [0.1, 0.15) is 16.5 Å². The second kappa shape index (κ2) is 8.41. The first-order chi connectivity index (χ1) is 12.8. The van der Waals surface area contributed by atoms with E-state index in [0.717, 1.165) is 61.3 Å². The summed E-state index contributed by atoms with van der Waals surface area (Å²) in [6.07, 6.45) is 0. The number of rotatable bonds is 7. The lowest BCUT2D eigenvalue weighted by atomic mass is 10.2. The van der Waals surface area contributed by atoms with Crippen molar-refractivity contribution in [2.45, 2.75) is 6.54 Å². The molecule has 0 saturated carbocycles. The maximum atomic E-state index is 5.44. The SMILES string of the molecule is COCCNc1nc(CN2CCOCC2)nc2scc(-c3cccs3)c12. The molecule has 1 fully saturated rings. The van der Waals surface area contributed by atoms with E-state index < -0.39 is 0 Å². The number of ether oxygens (including phenoxy) is 2. The zero-order valence-electron chi connectivity index (χ0n) is 14.7. The average molecular weight is 391 g/mol. The number of fused-ring (bicyclic) bond motifs is 1. The van der Waals surface area contributed by atoms with Crippen LogP contribution < -0.4 is 5.32 Å². The Bertz CT molecular complexity index is 844. The molecule has 0 bridgehead atoms. The Kier molecular flexibility index (Phi) is 5.76. The summed E-state index contributed by atoms with van der Waals surface area (Å²) in [7, 11) is 1.71. The molecule has 0 aromatic carbocycles. The predicted octanol–water partition coefficient (Wildman–Crippen LogP) is 3.31. The van der Waals surface area contributed by atoms with Crippen molar-refractivity contribution in [3.05, 3.63) is 28.7 Å². The number of anilines is 1. The van der Waals surface area contributed by atoms with Crippen LogP contribution in [0.25, 0.3) is 20.7 Å². The third-order valence-corrected chi connectivity index (χ3v) is 6.11. The minimum atomic E-state index is 0.642. The summed E-state index contributed by atoms with van der Waals surface area (Å²) in [6.45, 7) is 5.54. The molecular weight excluding hydrogens is 368 g/mol. The van der Waals surface area contributed by atoms with Gasteiger partial charge in [0, 0.05) is 42.6 Å². The summed E-state index contributed by atoms with van der Waals surface area (Å²) in [6, 6.07) is 4.22. The van der Waals surface area contributed by atoms with Crippen LogP contribution in [-0.4, -0.2) is 61.4 Å². The third-order valence-electron chi connectivity index (χ3n) is 4.33. The van der Waals surface area contributed by atoms with Gasteiger partial charge >= 0.3 is 0 Å². The smallest absolute Gasteiger partial charge is 0.146 e. The standard InChI is InChI=1S/C18H22N4O2S2/c1-23-7-4-19-17-16-13(14-3-2-10-25-14)12-26-18(16)21-15(20-17)11-22-5-8-24-9-6-22/h2-3,10,12H,4-9,11H2,1H3,(H,19,20,21). The Morgan fingerprint density at radius 3 is 2.92 bits per heavy atom. The van der Waals surface area contributed by atoms with Gasteiger partial charge in [-0.2, -0.15) is 0 Å². The molecular formula is C18H22N4O2S2. The highest BCUT2D eigenvalue weighted by atomic mass is 32.1. The molecule has 4 rings (SSSR count). The number of morpholine rings is 1. The molecule has 0 amide bonds. The molecule has 1 aliphatic heterocycles. The molecule has 1 aliphatic rings. The highest BCUT2D eigenvalue weighted by Gasteiger charge is 2.18. The maximum Gasteiger partial charge on any atom is 0.146 e. The van der Waals surface area contributed by atoms with Crippen molar-refractivity contribution in [2.24, 2.45) is 0 Å². The largest absolute Gasteiger partial charge is 0.383 e. The van der Waals surface area contributed by atoms with Crippen LogP contribution in [-0.2, 0) is 16.0 Å². The zero-order chi connectivity index (χ0) is 17.8. The van der Waals surface area contributed by atoms with Crippen LogP contribution in [0, 0.1) is 0 Å². The van der Waals surface area contributed by atoms with E-state index in [0.29, 0.717) is 6.61 Å². The number of hydrogen-bond donors (Lipinski definition) is 1. The van der Waals surface area contributed by atoms with E-state index in [9.17, 15) is 0 Å². The lowest BCUT2D eigenvalue weighted by Gasteiger charge is -2.25. The minimum absolute atomic E-state index is 0.642. The number of methoxy groups -OCH3 is 1. The second-order valence-electron chi connectivity index (χ2n) is 6.10. The first kappa shape index (κ1) is 17.8. The quantitative estimate of drug-likeness (QED) is 0.625. The number of thiophene rings is 2. The second-order valence-corrected chi connectivity index (χ2v) is 7.91. The predicted molar refractivity (Wildman–Crippen MR) is 107 cm³/mol. The molecule has 0 radical (unpaired) electrons. The van der Waals surface area contributed by atoms with Gasteiger partial charge < -0.3 is 14.8 Å². The Morgan fingerprint density at radius 1 is 1.27 bits per heavy atom. The van der Waals surface area contributed by atoms with E-state index in [1.54, 1.807) is 29.8 Å². The van der Waals surface area contributed by atoms with E-state index in [1.807, 2.05) is 0 Å². The van der Waals surface area contributed by atoms with Gasteiger partial charge in [-0.3, -0.25) is 4.90 Å². The van der Waals surface area contributed by atoms with E-state index in [-0.39, 0.29) is 0 Å². The molecule has 0 spiro atoms. The summed E-state index contributed by atoms with van der Waals surface area (Å²) in [5, 5.41) is 8.84. The van der Waals surface area contributed by atoms with E-state index in [2.05, 4.69) is 33.1 Å². The van der Waals surface area contributed by atoms with Crippen LogP contribution in [0.15, 0.2) is 22.9 Å². The number of nitrogens with one attached hydrogen (secondary N) is 1. The third kappa shape index (κ3) is 3.89. The summed E-state index contributed by atoms with van der Waals surface area (Å²) in [5.74, 6) is 1.76. The molecule has 3 aromatic heterocycles. The summed E-state index contributed by atoms with van der Waals surface area (Å²) < 4.78 is 10.6. The Hall–Kier alpha value is -1.58. The topological polar surface area (TPSA) is 59.5 Å². The molecule has 1 N–H and O–H groups in total. The normalized spacial score (nSPS) is 15.6. The molecule has 0 atom stereocenters. The summed E-state index contributed by atoms with van der Waals surface area (Å²) in [4.78, 5) is 14.3. The highest BCUT2D eigenvalue weighted by molar-refractivity contribution is 7.18. The van der Waals surface area contributed by atoms with Crippen LogP contribution >= 0.6 is 22.7 Å². The fourth-order valence-electron chi connectivity index (χ4n) is 3.03.